The fourth-order valence-electron chi connectivity index (χ4n) is 3.00. The van der Waals surface area contributed by atoms with E-state index in [1.807, 2.05) is 6.92 Å². The predicted octanol–water partition coefficient (Wildman–Crippen LogP) is 5.33. The van der Waals surface area contributed by atoms with Crippen molar-refractivity contribution in [2.45, 2.75) is 56.0 Å². The molecule has 0 atom stereocenters. The first kappa shape index (κ1) is 15.1. The van der Waals surface area contributed by atoms with E-state index in [1.54, 1.807) is 6.07 Å². The number of phenols is 1. The van der Waals surface area contributed by atoms with Crippen LogP contribution in [0.1, 0.15) is 50.2 Å². The van der Waals surface area contributed by atoms with Gasteiger partial charge in [0.05, 0.1) is 10.9 Å². The SMILES string of the molecule is CC1(c2cc(C3(CC(F)(F)F)CC3)c(Br)c(F)c2O)CC1. The Hall–Kier alpha value is -0.780. The number of benzene rings is 1. The molecule has 0 amide bonds. The molecule has 2 aliphatic rings. The molecule has 116 valence electrons. The third-order valence-corrected chi connectivity index (χ3v) is 5.57. The summed E-state index contributed by atoms with van der Waals surface area (Å²) in [6.07, 6.45) is -2.81. The third kappa shape index (κ3) is 2.56. The van der Waals surface area contributed by atoms with Gasteiger partial charge in [0.15, 0.2) is 11.6 Å². The first-order valence-electron chi connectivity index (χ1n) is 6.87. The first-order valence-corrected chi connectivity index (χ1v) is 7.66. The van der Waals surface area contributed by atoms with E-state index in [1.165, 1.54) is 0 Å². The second-order valence-corrected chi connectivity index (χ2v) is 7.37. The van der Waals surface area contributed by atoms with E-state index < -0.39 is 29.6 Å². The number of alkyl halides is 3. The summed E-state index contributed by atoms with van der Waals surface area (Å²) in [5, 5.41) is 9.97. The van der Waals surface area contributed by atoms with Gasteiger partial charge in [-0.1, -0.05) is 6.92 Å². The van der Waals surface area contributed by atoms with Gasteiger partial charge in [-0.2, -0.15) is 13.2 Å². The van der Waals surface area contributed by atoms with E-state index in [4.69, 9.17) is 0 Å². The molecule has 1 N–H and O–H groups in total. The Kier molecular flexibility index (Phi) is 3.15. The highest BCUT2D eigenvalue weighted by atomic mass is 79.9. The lowest BCUT2D eigenvalue weighted by Gasteiger charge is -2.23. The minimum atomic E-state index is -4.28. The van der Waals surface area contributed by atoms with E-state index in [-0.39, 0.29) is 9.89 Å². The van der Waals surface area contributed by atoms with Crippen LogP contribution in [0.3, 0.4) is 0 Å². The van der Waals surface area contributed by atoms with Crippen molar-refractivity contribution in [2.75, 3.05) is 0 Å². The quantitative estimate of drug-likeness (QED) is 0.716. The molecule has 1 aromatic rings. The van der Waals surface area contributed by atoms with Gasteiger partial charge in [-0.05, 0) is 58.7 Å². The van der Waals surface area contributed by atoms with Crippen LogP contribution in [-0.2, 0) is 10.8 Å². The van der Waals surface area contributed by atoms with E-state index in [2.05, 4.69) is 15.9 Å². The highest BCUT2D eigenvalue weighted by Gasteiger charge is 2.54. The summed E-state index contributed by atoms with van der Waals surface area (Å²) in [6.45, 7) is 1.89. The zero-order chi connectivity index (χ0) is 15.6. The van der Waals surface area contributed by atoms with Gasteiger partial charge in [0, 0.05) is 11.0 Å². The van der Waals surface area contributed by atoms with E-state index in [0.29, 0.717) is 24.0 Å². The number of aromatic hydroxyl groups is 1. The summed E-state index contributed by atoms with van der Waals surface area (Å²) in [6, 6.07) is 1.58. The Labute approximate surface area is 128 Å². The predicted molar refractivity (Wildman–Crippen MR) is 73.9 cm³/mol. The Morgan fingerprint density at radius 3 is 2.19 bits per heavy atom. The molecule has 0 aromatic heterocycles. The van der Waals surface area contributed by atoms with E-state index >= 15 is 0 Å². The monoisotopic (exact) mass is 366 g/mol. The highest BCUT2D eigenvalue weighted by Crippen LogP contribution is 2.59. The smallest absolute Gasteiger partial charge is 0.389 e. The van der Waals surface area contributed by atoms with E-state index in [9.17, 15) is 22.7 Å². The molecular weight excluding hydrogens is 352 g/mol. The van der Waals surface area contributed by atoms with Crippen molar-refractivity contribution in [3.63, 3.8) is 0 Å². The molecule has 2 aliphatic carbocycles. The van der Waals surface area contributed by atoms with Gasteiger partial charge >= 0.3 is 6.18 Å². The van der Waals surface area contributed by atoms with Gasteiger partial charge < -0.3 is 5.11 Å². The molecule has 21 heavy (non-hydrogen) atoms. The average Bonchev–Trinajstić information content (AvgIpc) is 3.25. The van der Waals surface area contributed by atoms with Crippen molar-refractivity contribution in [2.24, 2.45) is 0 Å². The molecule has 0 aliphatic heterocycles. The standard InChI is InChI=1S/C15H15BrF4O/c1-13(2-3-13)9-6-8(10(16)11(17)12(9)21)14(4-5-14)7-15(18,19)20/h6,21H,2-5,7H2,1H3. The summed E-state index contributed by atoms with van der Waals surface area (Å²) in [7, 11) is 0. The van der Waals surface area contributed by atoms with Crippen molar-refractivity contribution in [3.8, 4) is 5.75 Å². The van der Waals surface area contributed by atoms with Crippen molar-refractivity contribution >= 4 is 15.9 Å². The average molecular weight is 367 g/mol. The third-order valence-electron chi connectivity index (χ3n) is 4.79. The van der Waals surface area contributed by atoms with Gasteiger partial charge in [0.25, 0.3) is 0 Å². The fourth-order valence-corrected chi connectivity index (χ4v) is 3.72. The number of hydrogen-bond donors (Lipinski definition) is 1. The Morgan fingerprint density at radius 1 is 1.19 bits per heavy atom. The Balaban J connectivity index is 2.09. The molecule has 2 saturated carbocycles. The van der Waals surface area contributed by atoms with Gasteiger partial charge in [0.1, 0.15) is 0 Å². The van der Waals surface area contributed by atoms with Gasteiger partial charge in [-0.25, -0.2) is 4.39 Å². The van der Waals surface area contributed by atoms with Crippen molar-refractivity contribution in [1.82, 2.24) is 0 Å². The number of rotatable bonds is 3. The molecular formula is C15H15BrF4O. The maximum absolute atomic E-state index is 14.2. The minimum absolute atomic E-state index is 0.0326. The van der Waals surface area contributed by atoms with Gasteiger partial charge in [-0.15, -0.1) is 0 Å². The summed E-state index contributed by atoms with van der Waals surface area (Å²) in [4.78, 5) is 0. The topological polar surface area (TPSA) is 20.2 Å². The van der Waals surface area contributed by atoms with Crippen LogP contribution in [0.2, 0.25) is 0 Å². The zero-order valence-electron chi connectivity index (χ0n) is 11.4. The molecule has 0 unspecified atom stereocenters. The van der Waals surface area contributed by atoms with Crippen LogP contribution < -0.4 is 0 Å². The maximum Gasteiger partial charge on any atom is 0.389 e. The summed E-state index contributed by atoms with van der Waals surface area (Å²) in [5.41, 5.74) is -0.565. The lowest BCUT2D eigenvalue weighted by Crippen LogP contribution is -2.21. The first-order chi connectivity index (χ1) is 9.58. The molecule has 1 nitrogen and oxygen atoms in total. The van der Waals surface area contributed by atoms with Crippen LogP contribution >= 0.6 is 15.9 Å². The highest BCUT2D eigenvalue weighted by molar-refractivity contribution is 9.10. The van der Waals surface area contributed by atoms with Crippen LogP contribution in [0, 0.1) is 5.82 Å². The molecule has 1 aromatic carbocycles. The molecule has 0 spiro atoms. The normalized spacial score (nSPS) is 22.2. The molecule has 0 radical (unpaired) electrons. The Bertz CT molecular complexity index is 601. The van der Waals surface area contributed by atoms with Crippen LogP contribution in [0.5, 0.6) is 5.75 Å². The maximum atomic E-state index is 14.2. The summed E-state index contributed by atoms with van der Waals surface area (Å²) >= 11 is 3.03. The number of hydrogen-bond acceptors (Lipinski definition) is 1. The van der Waals surface area contributed by atoms with Crippen LogP contribution in [0.15, 0.2) is 10.5 Å². The van der Waals surface area contributed by atoms with Crippen LogP contribution in [0.4, 0.5) is 17.6 Å². The van der Waals surface area contributed by atoms with Crippen molar-refractivity contribution < 1.29 is 22.7 Å². The lowest BCUT2D eigenvalue weighted by molar-refractivity contribution is -0.141. The summed E-state index contributed by atoms with van der Waals surface area (Å²) in [5.74, 6) is -1.28. The number of phenolic OH excluding ortho intramolecular Hbond substituents is 1. The second-order valence-electron chi connectivity index (χ2n) is 6.58. The van der Waals surface area contributed by atoms with Crippen molar-refractivity contribution in [3.05, 3.63) is 27.5 Å². The van der Waals surface area contributed by atoms with E-state index in [0.717, 1.165) is 12.8 Å². The fraction of sp³-hybridized carbons (Fsp3) is 0.600. The molecule has 6 heteroatoms. The molecule has 0 heterocycles. The van der Waals surface area contributed by atoms with Gasteiger partial charge in [0.2, 0.25) is 0 Å². The largest absolute Gasteiger partial charge is 0.505 e. The van der Waals surface area contributed by atoms with Crippen LogP contribution in [-0.4, -0.2) is 11.3 Å². The zero-order valence-corrected chi connectivity index (χ0v) is 13.0. The molecule has 0 saturated heterocycles. The molecule has 0 bridgehead atoms. The molecule has 2 fully saturated rings. The molecule has 3 rings (SSSR count). The minimum Gasteiger partial charge on any atom is -0.505 e. The van der Waals surface area contributed by atoms with Crippen molar-refractivity contribution in [1.29, 1.82) is 0 Å². The van der Waals surface area contributed by atoms with Gasteiger partial charge in [-0.3, -0.25) is 0 Å². The Morgan fingerprint density at radius 2 is 1.76 bits per heavy atom. The second kappa shape index (κ2) is 4.37. The van der Waals surface area contributed by atoms with Crippen LogP contribution in [0.25, 0.3) is 0 Å². The lowest BCUT2D eigenvalue weighted by atomic mass is 9.87. The summed E-state index contributed by atoms with van der Waals surface area (Å²) < 4.78 is 52.5. The number of halogens is 5.